The lowest BCUT2D eigenvalue weighted by Crippen LogP contribution is -2.57. The van der Waals surface area contributed by atoms with Crippen molar-refractivity contribution in [1.82, 2.24) is 15.5 Å². The lowest BCUT2D eigenvalue weighted by molar-refractivity contribution is -0.144. The van der Waals surface area contributed by atoms with E-state index in [0.717, 1.165) is 25.9 Å². The summed E-state index contributed by atoms with van der Waals surface area (Å²) in [4.78, 5) is 25.8. The van der Waals surface area contributed by atoms with Crippen molar-refractivity contribution in [1.29, 1.82) is 0 Å². The monoisotopic (exact) mass is 289 g/mol. The zero-order chi connectivity index (χ0) is 13.0. The van der Waals surface area contributed by atoms with E-state index in [1.54, 1.807) is 4.90 Å². The number of hydrogen-bond acceptors (Lipinski definition) is 3. The highest BCUT2D eigenvalue weighted by Gasteiger charge is 2.32. The highest BCUT2D eigenvalue weighted by Crippen LogP contribution is 2.19. The second kappa shape index (κ2) is 7.70. The molecule has 0 aliphatic carbocycles. The van der Waals surface area contributed by atoms with Crippen LogP contribution in [0.5, 0.6) is 0 Å². The third-order valence-corrected chi connectivity index (χ3v) is 3.96. The fourth-order valence-electron chi connectivity index (χ4n) is 2.87. The van der Waals surface area contributed by atoms with Crippen molar-refractivity contribution in [3.05, 3.63) is 0 Å². The molecule has 2 N–H and O–H groups in total. The SMILES string of the molecule is CCC1C(=O)NCCN1C(=O)CC1CCNCC1.Cl. The summed E-state index contributed by atoms with van der Waals surface area (Å²) in [6, 6.07) is -0.257. The number of hydrogen-bond donors (Lipinski definition) is 2. The molecule has 1 unspecified atom stereocenters. The van der Waals surface area contributed by atoms with Crippen LogP contribution in [0.15, 0.2) is 0 Å². The van der Waals surface area contributed by atoms with Gasteiger partial charge in [0.2, 0.25) is 11.8 Å². The molecule has 2 heterocycles. The number of nitrogens with one attached hydrogen (secondary N) is 2. The normalized spacial score (nSPS) is 24.6. The molecule has 0 aromatic rings. The second-order valence-corrected chi connectivity index (χ2v) is 5.20. The Morgan fingerprint density at radius 1 is 1.32 bits per heavy atom. The zero-order valence-electron chi connectivity index (χ0n) is 11.5. The van der Waals surface area contributed by atoms with Gasteiger partial charge in [0.05, 0.1) is 0 Å². The molecule has 0 bridgehead atoms. The van der Waals surface area contributed by atoms with Gasteiger partial charge in [-0.3, -0.25) is 9.59 Å². The molecule has 19 heavy (non-hydrogen) atoms. The molecule has 0 spiro atoms. The van der Waals surface area contributed by atoms with E-state index in [1.165, 1.54) is 0 Å². The largest absolute Gasteiger partial charge is 0.353 e. The van der Waals surface area contributed by atoms with Crippen LogP contribution in [0.1, 0.15) is 32.6 Å². The molecule has 2 aliphatic heterocycles. The Balaban J connectivity index is 0.00000180. The number of halogens is 1. The van der Waals surface area contributed by atoms with E-state index >= 15 is 0 Å². The summed E-state index contributed by atoms with van der Waals surface area (Å²) >= 11 is 0. The van der Waals surface area contributed by atoms with Crippen LogP contribution in [0.4, 0.5) is 0 Å². The number of piperidine rings is 1. The van der Waals surface area contributed by atoms with Gasteiger partial charge in [-0.05, 0) is 38.3 Å². The van der Waals surface area contributed by atoms with Crippen molar-refractivity contribution in [3.8, 4) is 0 Å². The maximum absolute atomic E-state index is 12.3. The predicted molar refractivity (Wildman–Crippen MR) is 76.3 cm³/mol. The third-order valence-electron chi connectivity index (χ3n) is 3.96. The van der Waals surface area contributed by atoms with Gasteiger partial charge < -0.3 is 15.5 Å². The summed E-state index contributed by atoms with van der Waals surface area (Å²) in [6.45, 7) is 5.23. The molecule has 0 aromatic carbocycles. The molecule has 0 aromatic heterocycles. The number of carbonyl (C=O) groups is 2. The van der Waals surface area contributed by atoms with E-state index in [9.17, 15) is 9.59 Å². The van der Waals surface area contributed by atoms with Gasteiger partial charge in [0.15, 0.2) is 0 Å². The van der Waals surface area contributed by atoms with E-state index in [0.29, 0.717) is 31.8 Å². The van der Waals surface area contributed by atoms with E-state index in [-0.39, 0.29) is 30.3 Å². The van der Waals surface area contributed by atoms with Crippen molar-refractivity contribution in [2.75, 3.05) is 26.2 Å². The summed E-state index contributed by atoms with van der Waals surface area (Å²) in [6.07, 6.45) is 3.44. The molecule has 2 fully saturated rings. The first-order valence-corrected chi connectivity index (χ1v) is 7.00. The Morgan fingerprint density at radius 2 is 2.00 bits per heavy atom. The van der Waals surface area contributed by atoms with Crippen LogP contribution in [0, 0.1) is 5.92 Å². The van der Waals surface area contributed by atoms with E-state index in [2.05, 4.69) is 10.6 Å². The summed E-state index contributed by atoms with van der Waals surface area (Å²) < 4.78 is 0. The summed E-state index contributed by atoms with van der Waals surface area (Å²) in [7, 11) is 0. The van der Waals surface area contributed by atoms with Gasteiger partial charge in [0.1, 0.15) is 6.04 Å². The standard InChI is InChI=1S/C13H23N3O2.ClH/c1-2-11-13(18)15-7-8-16(11)12(17)9-10-3-5-14-6-4-10;/h10-11,14H,2-9H2,1H3,(H,15,18);1H. The smallest absolute Gasteiger partial charge is 0.242 e. The molecular formula is C13H24ClN3O2. The van der Waals surface area contributed by atoms with E-state index in [4.69, 9.17) is 0 Å². The molecule has 110 valence electrons. The molecular weight excluding hydrogens is 266 g/mol. The highest BCUT2D eigenvalue weighted by molar-refractivity contribution is 5.88. The molecule has 5 nitrogen and oxygen atoms in total. The average molecular weight is 290 g/mol. The van der Waals surface area contributed by atoms with Gasteiger partial charge in [0.25, 0.3) is 0 Å². The third kappa shape index (κ3) is 4.08. The maximum atomic E-state index is 12.3. The number of amides is 2. The van der Waals surface area contributed by atoms with Gasteiger partial charge in [-0.25, -0.2) is 0 Å². The van der Waals surface area contributed by atoms with Crippen molar-refractivity contribution >= 4 is 24.2 Å². The van der Waals surface area contributed by atoms with Crippen LogP contribution in [0.3, 0.4) is 0 Å². The molecule has 0 saturated carbocycles. The number of nitrogens with zero attached hydrogens (tertiary/aromatic N) is 1. The molecule has 0 radical (unpaired) electrons. The minimum atomic E-state index is -0.257. The van der Waals surface area contributed by atoms with Crippen LogP contribution in [-0.4, -0.2) is 48.9 Å². The van der Waals surface area contributed by atoms with Gasteiger partial charge >= 0.3 is 0 Å². The maximum Gasteiger partial charge on any atom is 0.242 e. The average Bonchev–Trinajstić information content (AvgIpc) is 2.39. The van der Waals surface area contributed by atoms with Crippen LogP contribution in [0.2, 0.25) is 0 Å². The minimum absolute atomic E-state index is 0. The summed E-state index contributed by atoms with van der Waals surface area (Å²) in [5, 5.41) is 6.13. The van der Waals surface area contributed by atoms with Crippen LogP contribution >= 0.6 is 12.4 Å². The number of piperazine rings is 1. The van der Waals surface area contributed by atoms with Crippen molar-refractivity contribution in [2.45, 2.75) is 38.6 Å². The first-order valence-electron chi connectivity index (χ1n) is 7.00. The van der Waals surface area contributed by atoms with Gasteiger partial charge in [-0.2, -0.15) is 0 Å². The zero-order valence-corrected chi connectivity index (χ0v) is 12.3. The van der Waals surface area contributed by atoms with Crippen LogP contribution in [0.25, 0.3) is 0 Å². The van der Waals surface area contributed by atoms with E-state index < -0.39 is 0 Å². The van der Waals surface area contributed by atoms with Crippen LogP contribution in [-0.2, 0) is 9.59 Å². The van der Waals surface area contributed by atoms with Gasteiger partial charge in [0, 0.05) is 19.5 Å². The summed E-state index contributed by atoms with van der Waals surface area (Å²) in [5.41, 5.74) is 0. The Kier molecular flexibility index (Phi) is 6.58. The van der Waals surface area contributed by atoms with Crippen molar-refractivity contribution in [2.24, 2.45) is 5.92 Å². The molecule has 6 heteroatoms. The second-order valence-electron chi connectivity index (χ2n) is 5.20. The molecule has 2 saturated heterocycles. The Hall–Kier alpha value is -0.810. The Labute approximate surface area is 120 Å². The molecule has 1 atom stereocenters. The minimum Gasteiger partial charge on any atom is -0.353 e. The van der Waals surface area contributed by atoms with Gasteiger partial charge in [-0.1, -0.05) is 6.92 Å². The molecule has 2 rings (SSSR count). The van der Waals surface area contributed by atoms with E-state index in [1.807, 2.05) is 6.92 Å². The van der Waals surface area contributed by atoms with Crippen molar-refractivity contribution in [3.63, 3.8) is 0 Å². The quantitative estimate of drug-likeness (QED) is 0.797. The van der Waals surface area contributed by atoms with Crippen LogP contribution < -0.4 is 10.6 Å². The fourth-order valence-corrected chi connectivity index (χ4v) is 2.87. The summed E-state index contributed by atoms with van der Waals surface area (Å²) in [5.74, 6) is 0.646. The Morgan fingerprint density at radius 3 is 2.63 bits per heavy atom. The lowest BCUT2D eigenvalue weighted by Gasteiger charge is -2.35. The first kappa shape index (κ1) is 16.2. The van der Waals surface area contributed by atoms with Gasteiger partial charge in [-0.15, -0.1) is 12.4 Å². The highest BCUT2D eigenvalue weighted by atomic mass is 35.5. The predicted octanol–water partition coefficient (Wildman–Crippen LogP) is 0.535. The molecule has 2 amide bonds. The Bertz CT molecular complexity index is 319. The number of carbonyl (C=O) groups excluding carboxylic acids is 2. The fraction of sp³-hybridized carbons (Fsp3) is 0.846. The number of rotatable bonds is 3. The lowest BCUT2D eigenvalue weighted by atomic mass is 9.93. The van der Waals surface area contributed by atoms with Crippen molar-refractivity contribution < 1.29 is 9.59 Å². The topological polar surface area (TPSA) is 61.4 Å². The molecule has 2 aliphatic rings. The first-order chi connectivity index (χ1) is 8.72.